The van der Waals surface area contributed by atoms with Crippen LogP contribution in [0.2, 0.25) is 0 Å². The van der Waals surface area contributed by atoms with Crippen molar-refractivity contribution in [2.45, 2.75) is 17.6 Å². The van der Waals surface area contributed by atoms with Gasteiger partial charge in [-0.1, -0.05) is 12.1 Å². The largest absolute Gasteiger partial charge is 0.306 e. The Bertz CT molecular complexity index is 353. The maximum Gasteiger partial charge on any atom is 0.156 e. The first kappa shape index (κ1) is 8.84. The highest BCUT2D eigenvalue weighted by molar-refractivity contribution is 7.80. The Morgan fingerprint density at radius 1 is 1.54 bits per heavy atom. The van der Waals surface area contributed by atoms with Crippen molar-refractivity contribution in [2.75, 3.05) is 0 Å². The Labute approximate surface area is 78.1 Å². The molecule has 0 aliphatic heterocycles. The van der Waals surface area contributed by atoms with E-state index in [2.05, 4.69) is 0 Å². The smallest absolute Gasteiger partial charge is 0.156 e. The lowest BCUT2D eigenvalue weighted by Gasteiger charge is -1.97. The third kappa shape index (κ3) is 1.78. The van der Waals surface area contributed by atoms with E-state index in [1.54, 1.807) is 12.1 Å². The first-order valence-electron chi connectivity index (χ1n) is 4.03. The topological polar surface area (TPSA) is 37.3 Å². The second-order valence-electron chi connectivity index (χ2n) is 3.21. The summed E-state index contributed by atoms with van der Waals surface area (Å²) in [5, 5.41) is -0.193. The molecule has 0 saturated heterocycles. The summed E-state index contributed by atoms with van der Waals surface area (Å²) in [4.78, 5) is 0. The van der Waals surface area contributed by atoms with Crippen LogP contribution in [0, 0.1) is 5.82 Å². The van der Waals surface area contributed by atoms with Gasteiger partial charge >= 0.3 is 0 Å². The average molecular weight is 200 g/mol. The Hall–Kier alpha value is -0.740. The average Bonchev–Trinajstić information content (AvgIpc) is 2.82. The normalized spacial score (nSPS) is 28.5. The van der Waals surface area contributed by atoms with Gasteiger partial charge in [0.25, 0.3) is 0 Å². The van der Waals surface area contributed by atoms with Gasteiger partial charge in [-0.25, -0.2) is 8.60 Å². The van der Waals surface area contributed by atoms with E-state index < -0.39 is 11.1 Å². The maximum absolute atomic E-state index is 12.7. The third-order valence-electron chi connectivity index (χ3n) is 2.27. The van der Waals surface area contributed by atoms with Crippen LogP contribution in [-0.4, -0.2) is 14.0 Å². The highest BCUT2D eigenvalue weighted by atomic mass is 32.2. The summed E-state index contributed by atoms with van der Waals surface area (Å²) in [5.74, 6) is -0.214. The number of halogens is 1. The number of hydrogen-bond donors (Lipinski definition) is 1. The summed E-state index contributed by atoms with van der Waals surface area (Å²) in [7, 11) is 0. The van der Waals surface area contributed by atoms with Gasteiger partial charge in [-0.15, -0.1) is 0 Å². The molecular formula is C9H9FO2S. The molecule has 4 heteroatoms. The molecule has 0 bridgehead atoms. The van der Waals surface area contributed by atoms with E-state index >= 15 is 0 Å². The molecule has 1 aliphatic rings. The molecule has 0 heterocycles. The zero-order valence-corrected chi connectivity index (χ0v) is 7.63. The molecule has 0 amide bonds. The van der Waals surface area contributed by atoms with Crippen molar-refractivity contribution in [3.05, 3.63) is 35.6 Å². The molecule has 70 valence electrons. The van der Waals surface area contributed by atoms with Crippen LogP contribution in [0.5, 0.6) is 0 Å². The molecule has 2 rings (SSSR count). The molecule has 1 aromatic carbocycles. The molecule has 1 saturated carbocycles. The van der Waals surface area contributed by atoms with Gasteiger partial charge in [-0.05, 0) is 24.1 Å². The molecule has 1 aromatic rings. The highest BCUT2D eigenvalue weighted by Crippen LogP contribution is 2.44. The van der Waals surface area contributed by atoms with Crippen LogP contribution in [0.25, 0.3) is 0 Å². The molecule has 1 N–H and O–H groups in total. The van der Waals surface area contributed by atoms with Gasteiger partial charge in [0, 0.05) is 5.92 Å². The van der Waals surface area contributed by atoms with Gasteiger partial charge in [0.2, 0.25) is 0 Å². The van der Waals surface area contributed by atoms with Gasteiger partial charge in [-0.2, -0.15) is 0 Å². The molecule has 1 aliphatic carbocycles. The maximum atomic E-state index is 12.7. The van der Waals surface area contributed by atoms with Crippen LogP contribution in [0.1, 0.15) is 17.9 Å². The first-order chi connectivity index (χ1) is 6.18. The highest BCUT2D eigenvalue weighted by Gasteiger charge is 2.43. The van der Waals surface area contributed by atoms with Crippen molar-refractivity contribution < 1.29 is 13.2 Å². The minimum atomic E-state index is -1.77. The fourth-order valence-corrected chi connectivity index (χ4v) is 2.29. The van der Waals surface area contributed by atoms with Crippen molar-refractivity contribution in [3.63, 3.8) is 0 Å². The Kier molecular flexibility index (Phi) is 2.17. The summed E-state index contributed by atoms with van der Waals surface area (Å²) in [6, 6.07) is 6.22. The fraction of sp³-hybridized carbons (Fsp3) is 0.333. The lowest BCUT2D eigenvalue weighted by molar-refractivity contribution is 0.562. The Balaban J connectivity index is 2.16. The zero-order chi connectivity index (χ0) is 9.42. The van der Waals surface area contributed by atoms with Crippen molar-refractivity contribution in [1.82, 2.24) is 0 Å². The van der Waals surface area contributed by atoms with E-state index in [0.29, 0.717) is 6.42 Å². The van der Waals surface area contributed by atoms with Crippen molar-refractivity contribution in [3.8, 4) is 0 Å². The molecular weight excluding hydrogens is 191 g/mol. The van der Waals surface area contributed by atoms with Crippen LogP contribution in [0.3, 0.4) is 0 Å². The summed E-state index contributed by atoms with van der Waals surface area (Å²) in [6.07, 6.45) is 0.687. The van der Waals surface area contributed by atoms with Crippen molar-refractivity contribution >= 4 is 11.1 Å². The number of benzene rings is 1. The van der Waals surface area contributed by atoms with E-state index in [0.717, 1.165) is 5.56 Å². The van der Waals surface area contributed by atoms with E-state index in [4.69, 9.17) is 4.55 Å². The standard InChI is InChI=1S/C9H9FO2S/c10-7-3-1-2-6(4-7)8-5-9(8)13(11)12/h1-4,8-9H,5H2,(H,11,12). The number of hydrogen-bond acceptors (Lipinski definition) is 1. The summed E-state index contributed by atoms with van der Waals surface area (Å²) < 4.78 is 32.2. The van der Waals surface area contributed by atoms with Crippen LogP contribution in [0.15, 0.2) is 24.3 Å². The third-order valence-corrected chi connectivity index (χ3v) is 3.31. The van der Waals surface area contributed by atoms with Crippen LogP contribution >= 0.6 is 0 Å². The minimum Gasteiger partial charge on any atom is -0.306 e. The summed E-state index contributed by atoms with van der Waals surface area (Å²) in [6.45, 7) is 0. The number of rotatable bonds is 2. The Morgan fingerprint density at radius 3 is 2.85 bits per heavy atom. The quantitative estimate of drug-likeness (QED) is 0.740. The van der Waals surface area contributed by atoms with Gasteiger partial charge in [0.05, 0.1) is 5.25 Å². The molecule has 13 heavy (non-hydrogen) atoms. The molecule has 3 atom stereocenters. The van der Waals surface area contributed by atoms with E-state index in [1.807, 2.05) is 0 Å². The van der Waals surface area contributed by atoms with E-state index in [1.165, 1.54) is 12.1 Å². The minimum absolute atomic E-state index is 0.0709. The van der Waals surface area contributed by atoms with Crippen LogP contribution in [-0.2, 0) is 11.1 Å². The van der Waals surface area contributed by atoms with Crippen molar-refractivity contribution in [1.29, 1.82) is 0 Å². The second kappa shape index (κ2) is 3.20. The molecule has 0 radical (unpaired) electrons. The molecule has 0 aromatic heterocycles. The lowest BCUT2D eigenvalue weighted by atomic mass is 10.1. The first-order valence-corrected chi connectivity index (χ1v) is 5.20. The van der Waals surface area contributed by atoms with Crippen LogP contribution < -0.4 is 0 Å². The van der Waals surface area contributed by atoms with Crippen LogP contribution in [0.4, 0.5) is 4.39 Å². The summed E-state index contributed by atoms with van der Waals surface area (Å²) >= 11 is -1.77. The second-order valence-corrected chi connectivity index (χ2v) is 4.37. The monoisotopic (exact) mass is 200 g/mol. The molecule has 1 fully saturated rings. The molecule has 2 nitrogen and oxygen atoms in total. The van der Waals surface area contributed by atoms with E-state index in [9.17, 15) is 8.60 Å². The van der Waals surface area contributed by atoms with Gasteiger partial charge in [0.1, 0.15) is 5.82 Å². The SMILES string of the molecule is O=S(O)C1CC1c1cccc(F)c1. The summed E-state index contributed by atoms with van der Waals surface area (Å²) in [5.41, 5.74) is 0.826. The lowest BCUT2D eigenvalue weighted by Crippen LogP contribution is -1.96. The predicted molar refractivity (Wildman–Crippen MR) is 48.3 cm³/mol. The predicted octanol–water partition coefficient (Wildman–Crippen LogP) is 1.90. The van der Waals surface area contributed by atoms with Crippen molar-refractivity contribution in [2.24, 2.45) is 0 Å². The fourth-order valence-electron chi connectivity index (χ4n) is 1.48. The van der Waals surface area contributed by atoms with Gasteiger partial charge in [0.15, 0.2) is 11.1 Å². The van der Waals surface area contributed by atoms with Gasteiger partial charge < -0.3 is 4.55 Å². The van der Waals surface area contributed by atoms with Gasteiger partial charge in [-0.3, -0.25) is 0 Å². The molecule has 0 spiro atoms. The van der Waals surface area contributed by atoms with E-state index in [-0.39, 0.29) is 17.0 Å². The Morgan fingerprint density at radius 2 is 2.31 bits per heavy atom. The zero-order valence-electron chi connectivity index (χ0n) is 6.81. The molecule has 3 unspecified atom stereocenters.